The minimum atomic E-state index is -0.822. The maximum atomic E-state index is 13.0. The van der Waals surface area contributed by atoms with E-state index in [4.69, 9.17) is 5.11 Å². The van der Waals surface area contributed by atoms with Crippen molar-refractivity contribution in [2.45, 2.75) is 16.6 Å². The number of thioether (sulfide) groups is 1. The van der Waals surface area contributed by atoms with Gasteiger partial charge in [0.05, 0.1) is 5.92 Å². The first-order chi connectivity index (χ1) is 11.6. The molecule has 2 aromatic carbocycles. The molecule has 5 heteroatoms. The molecule has 1 N–H and O–H groups in total. The molecule has 124 valence electrons. The van der Waals surface area contributed by atoms with Gasteiger partial charge in [-0.2, -0.15) is 0 Å². The molecule has 0 saturated carbocycles. The van der Waals surface area contributed by atoms with Crippen LogP contribution in [0.1, 0.15) is 17.2 Å². The smallest absolute Gasteiger partial charge is 0.308 e. The third-order valence-corrected chi connectivity index (χ3v) is 5.43. The molecule has 2 aromatic rings. The summed E-state index contributed by atoms with van der Waals surface area (Å²) >= 11 is 1.51. The summed E-state index contributed by atoms with van der Waals surface area (Å²) in [4.78, 5) is 26.9. The molecule has 1 amide bonds. The number of hydrogen-bond acceptors (Lipinski definition) is 3. The first kappa shape index (κ1) is 16.6. The van der Waals surface area contributed by atoms with Crippen molar-refractivity contribution in [1.29, 1.82) is 0 Å². The van der Waals surface area contributed by atoms with Crippen molar-refractivity contribution in [1.82, 2.24) is 4.90 Å². The number of carbonyl (C=O) groups is 2. The monoisotopic (exact) mass is 341 g/mol. The highest BCUT2D eigenvalue weighted by atomic mass is 32.2. The average Bonchev–Trinajstić information content (AvgIpc) is 3.11. The lowest BCUT2D eigenvalue weighted by atomic mass is 10.1. The second-order valence-corrected chi connectivity index (χ2v) is 7.01. The van der Waals surface area contributed by atoms with Crippen LogP contribution in [-0.2, 0) is 9.59 Å². The van der Waals surface area contributed by atoms with E-state index in [1.807, 2.05) is 60.7 Å². The normalized spacial score (nSPS) is 18.3. The van der Waals surface area contributed by atoms with Crippen LogP contribution in [0.25, 0.3) is 0 Å². The van der Waals surface area contributed by atoms with Crippen molar-refractivity contribution in [2.75, 3.05) is 13.1 Å². The standard InChI is InChI=1S/C19H19NO3S/c21-18(20-12-11-15(13-20)19(22)23)17(14-7-3-1-4-8-14)24-16-9-5-2-6-10-16/h1-10,15,17H,11-13H2,(H,22,23). The number of likely N-dealkylation sites (tertiary alicyclic amines) is 1. The Morgan fingerprint density at radius 3 is 2.25 bits per heavy atom. The van der Waals surface area contributed by atoms with Gasteiger partial charge in [0.25, 0.3) is 0 Å². The quantitative estimate of drug-likeness (QED) is 0.846. The van der Waals surface area contributed by atoms with Crippen molar-refractivity contribution < 1.29 is 14.7 Å². The molecule has 3 rings (SSSR count). The molecule has 1 aliphatic heterocycles. The molecule has 24 heavy (non-hydrogen) atoms. The van der Waals surface area contributed by atoms with E-state index in [0.29, 0.717) is 19.5 Å². The second-order valence-electron chi connectivity index (χ2n) is 5.83. The number of hydrogen-bond donors (Lipinski definition) is 1. The van der Waals surface area contributed by atoms with Crippen molar-refractivity contribution in [3.63, 3.8) is 0 Å². The zero-order valence-corrected chi connectivity index (χ0v) is 14.0. The van der Waals surface area contributed by atoms with Gasteiger partial charge < -0.3 is 10.0 Å². The van der Waals surface area contributed by atoms with Gasteiger partial charge in [0.2, 0.25) is 5.91 Å². The van der Waals surface area contributed by atoms with Gasteiger partial charge in [0.15, 0.2) is 0 Å². The molecular formula is C19H19NO3S. The van der Waals surface area contributed by atoms with Gasteiger partial charge in [0, 0.05) is 18.0 Å². The molecule has 0 aliphatic carbocycles. The van der Waals surface area contributed by atoms with Crippen LogP contribution in [0, 0.1) is 5.92 Å². The number of carbonyl (C=O) groups excluding carboxylic acids is 1. The van der Waals surface area contributed by atoms with Crippen LogP contribution in [-0.4, -0.2) is 35.0 Å². The molecule has 1 heterocycles. The number of amides is 1. The largest absolute Gasteiger partial charge is 0.481 e. The van der Waals surface area contributed by atoms with Crippen LogP contribution in [0.5, 0.6) is 0 Å². The molecule has 0 spiro atoms. The van der Waals surface area contributed by atoms with E-state index < -0.39 is 11.9 Å². The van der Waals surface area contributed by atoms with Gasteiger partial charge in [-0.3, -0.25) is 9.59 Å². The fourth-order valence-electron chi connectivity index (χ4n) is 2.85. The van der Waals surface area contributed by atoms with Gasteiger partial charge in [-0.05, 0) is 24.1 Å². The highest BCUT2D eigenvalue weighted by molar-refractivity contribution is 8.00. The molecule has 0 radical (unpaired) electrons. The SMILES string of the molecule is O=C(O)C1CCN(C(=O)C(Sc2ccccc2)c2ccccc2)C1. The van der Waals surface area contributed by atoms with E-state index in [-0.39, 0.29) is 11.2 Å². The van der Waals surface area contributed by atoms with Crippen LogP contribution in [0.4, 0.5) is 0 Å². The molecule has 1 saturated heterocycles. The summed E-state index contributed by atoms with van der Waals surface area (Å²) < 4.78 is 0. The van der Waals surface area contributed by atoms with Crippen molar-refractivity contribution >= 4 is 23.6 Å². The minimum Gasteiger partial charge on any atom is -0.481 e. The molecule has 2 atom stereocenters. The number of rotatable bonds is 5. The Labute approximate surface area is 145 Å². The van der Waals surface area contributed by atoms with Crippen LogP contribution in [0.15, 0.2) is 65.6 Å². The summed E-state index contributed by atoms with van der Waals surface area (Å²) in [6.07, 6.45) is 0.526. The summed E-state index contributed by atoms with van der Waals surface area (Å²) in [6, 6.07) is 19.5. The first-order valence-corrected chi connectivity index (χ1v) is 8.81. The van der Waals surface area contributed by atoms with E-state index in [0.717, 1.165) is 10.5 Å². The lowest BCUT2D eigenvalue weighted by Gasteiger charge is -2.23. The Bertz CT molecular complexity index is 705. The fourth-order valence-corrected chi connectivity index (χ4v) is 3.98. The molecular weight excluding hydrogens is 322 g/mol. The maximum absolute atomic E-state index is 13.0. The van der Waals surface area contributed by atoms with E-state index in [1.54, 1.807) is 4.90 Å². The third kappa shape index (κ3) is 3.79. The van der Waals surface area contributed by atoms with E-state index in [1.165, 1.54) is 11.8 Å². The van der Waals surface area contributed by atoms with Crippen molar-refractivity contribution in [2.24, 2.45) is 5.92 Å². The fraction of sp³-hybridized carbons (Fsp3) is 0.263. The van der Waals surface area contributed by atoms with Crippen LogP contribution in [0.2, 0.25) is 0 Å². The number of benzene rings is 2. The van der Waals surface area contributed by atoms with Crippen molar-refractivity contribution in [3.05, 3.63) is 66.2 Å². The van der Waals surface area contributed by atoms with E-state index in [2.05, 4.69) is 0 Å². The average molecular weight is 341 g/mol. The lowest BCUT2D eigenvalue weighted by molar-refractivity contribution is -0.141. The number of nitrogens with zero attached hydrogens (tertiary/aromatic N) is 1. The van der Waals surface area contributed by atoms with Gasteiger partial charge in [-0.25, -0.2) is 0 Å². The maximum Gasteiger partial charge on any atom is 0.308 e. The summed E-state index contributed by atoms with van der Waals surface area (Å²) in [5.74, 6) is -1.29. The van der Waals surface area contributed by atoms with Gasteiger partial charge in [-0.15, -0.1) is 11.8 Å². The Hall–Kier alpha value is -2.27. The Balaban J connectivity index is 1.82. The molecule has 2 unspecified atom stereocenters. The Kier molecular flexibility index (Phi) is 5.20. The summed E-state index contributed by atoms with van der Waals surface area (Å²) in [6.45, 7) is 0.807. The number of aliphatic carboxylic acids is 1. The van der Waals surface area contributed by atoms with Gasteiger partial charge in [0.1, 0.15) is 5.25 Å². The molecule has 1 fully saturated rings. The Morgan fingerprint density at radius 2 is 1.67 bits per heavy atom. The van der Waals surface area contributed by atoms with Crippen molar-refractivity contribution in [3.8, 4) is 0 Å². The molecule has 4 nitrogen and oxygen atoms in total. The van der Waals surface area contributed by atoms with Crippen LogP contribution in [0.3, 0.4) is 0 Å². The predicted molar refractivity (Wildman–Crippen MR) is 93.8 cm³/mol. The highest BCUT2D eigenvalue weighted by Crippen LogP contribution is 2.37. The zero-order valence-electron chi connectivity index (χ0n) is 13.2. The third-order valence-electron chi connectivity index (χ3n) is 4.17. The summed E-state index contributed by atoms with van der Waals surface area (Å²) in [7, 11) is 0. The number of carboxylic acid groups (broad SMARTS) is 1. The molecule has 1 aliphatic rings. The van der Waals surface area contributed by atoms with Crippen LogP contribution < -0.4 is 0 Å². The topological polar surface area (TPSA) is 57.6 Å². The molecule has 0 aromatic heterocycles. The zero-order chi connectivity index (χ0) is 16.9. The van der Waals surface area contributed by atoms with Gasteiger partial charge in [-0.1, -0.05) is 48.5 Å². The van der Waals surface area contributed by atoms with E-state index >= 15 is 0 Å². The highest BCUT2D eigenvalue weighted by Gasteiger charge is 2.35. The lowest BCUT2D eigenvalue weighted by Crippen LogP contribution is -2.33. The molecule has 0 bridgehead atoms. The summed E-state index contributed by atoms with van der Waals surface area (Å²) in [5, 5.41) is 8.80. The first-order valence-electron chi connectivity index (χ1n) is 7.93. The second kappa shape index (κ2) is 7.53. The number of carboxylic acids is 1. The predicted octanol–water partition coefficient (Wildman–Crippen LogP) is 3.45. The Morgan fingerprint density at radius 1 is 1.04 bits per heavy atom. The van der Waals surface area contributed by atoms with Crippen LogP contribution >= 0.6 is 11.8 Å². The van der Waals surface area contributed by atoms with Gasteiger partial charge >= 0.3 is 5.97 Å². The summed E-state index contributed by atoms with van der Waals surface area (Å²) in [5.41, 5.74) is 0.940. The van der Waals surface area contributed by atoms with E-state index in [9.17, 15) is 9.59 Å². The minimum absolute atomic E-state index is 0.0150.